The lowest BCUT2D eigenvalue weighted by Gasteiger charge is -2.07. The van der Waals surface area contributed by atoms with Crippen molar-refractivity contribution in [1.29, 1.82) is 0 Å². The van der Waals surface area contributed by atoms with Crippen molar-refractivity contribution < 1.29 is 0 Å². The SMILES string of the molecule is Cc1cc(-c2cncc3ccccc23)cnc1N. The van der Waals surface area contributed by atoms with E-state index in [9.17, 15) is 0 Å². The minimum absolute atomic E-state index is 0.576. The van der Waals surface area contributed by atoms with Crippen molar-refractivity contribution in [2.45, 2.75) is 6.92 Å². The first kappa shape index (κ1) is 10.7. The molecule has 0 aliphatic rings. The first-order chi connectivity index (χ1) is 8.75. The van der Waals surface area contributed by atoms with Gasteiger partial charge in [-0.05, 0) is 23.9 Å². The van der Waals surface area contributed by atoms with Crippen LogP contribution < -0.4 is 5.73 Å². The normalized spacial score (nSPS) is 10.7. The number of aryl methyl sites for hydroxylation is 1. The summed E-state index contributed by atoms with van der Waals surface area (Å²) in [6, 6.07) is 10.2. The van der Waals surface area contributed by atoms with Crippen LogP contribution >= 0.6 is 0 Å². The van der Waals surface area contributed by atoms with Gasteiger partial charge in [0.05, 0.1) is 0 Å². The number of fused-ring (bicyclic) bond motifs is 1. The molecule has 0 atom stereocenters. The predicted octanol–water partition coefficient (Wildman–Crippen LogP) is 3.19. The maximum absolute atomic E-state index is 5.75. The molecule has 0 radical (unpaired) electrons. The van der Waals surface area contributed by atoms with E-state index in [0.717, 1.165) is 22.1 Å². The van der Waals surface area contributed by atoms with Gasteiger partial charge in [0.25, 0.3) is 0 Å². The van der Waals surface area contributed by atoms with Crippen molar-refractivity contribution in [3.63, 3.8) is 0 Å². The molecule has 3 aromatic rings. The Bertz CT molecular complexity index is 715. The summed E-state index contributed by atoms with van der Waals surface area (Å²) in [5.41, 5.74) is 8.87. The molecule has 0 aliphatic heterocycles. The summed E-state index contributed by atoms with van der Waals surface area (Å²) >= 11 is 0. The minimum Gasteiger partial charge on any atom is -0.383 e. The molecule has 0 saturated carbocycles. The second-order valence-corrected chi connectivity index (χ2v) is 4.33. The quantitative estimate of drug-likeness (QED) is 0.704. The summed E-state index contributed by atoms with van der Waals surface area (Å²) in [5, 5.41) is 2.31. The molecular weight excluding hydrogens is 222 g/mol. The number of hydrogen-bond donors (Lipinski definition) is 1. The Hall–Kier alpha value is -2.42. The van der Waals surface area contributed by atoms with Gasteiger partial charge in [0.1, 0.15) is 5.82 Å². The van der Waals surface area contributed by atoms with Crippen LogP contribution in [0.4, 0.5) is 5.82 Å². The van der Waals surface area contributed by atoms with Gasteiger partial charge in [-0.15, -0.1) is 0 Å². The van der Waals surface area contributed by atoms with Gasteiger partial charge < -0.3 is 5.73 Å². The largest absolute Gasteiger partial charge is 0.383 e. The summed E-state index contributed by atoms with van der Waals surface area (Å²) in [5.74, 6) is 0.576. The van der Waals surface area contributed by atoms with Gasteiger partial charge in [-0.1, -0.05) is 24.3 Å². The molecule has 0 unspecified atom stereocenters. The molecule has 2 aromatic heterocycles. The van der Waals surface area contributed by atoms with E-state index in [1.165, 1.54) is 5.39 Å². The molecule has 2 N–H and O–H groups in total. The lowest BCUT2D eigenvalue weighted by atomic mass is 10.0. The average Bonchev–Trinajstić information content (AvgIpc) is 2.41. The van der Waals surface area contributed by atoms with Crippen LogP contribution in [-0.2, 0) is 0 Å². The highest BCUT2D eigenvalue weighted by molar-refractivity contribution is 5.95. The number of nitrogens with zero attached hydrogens (tertiary/aromatic N) is 2. The van der Waals surface area contributed by atoms with Crippen molar-refractivity contribution >= 4 is 16.6 Å². The van der Waals surface area contributed by atoms with Crippen LogP contribution in [-0.4, -0.2) is 9.97 Å². The molecule has 3 heteroatoms. The Morgan fingerprint density at radius 1 is 1.06 bits per heavy atom. The Morgan fingerprint density at radius 2 is 1.89 bits per heavy atom. The van der Waals surface area contributed by atoms with E-state index in [4.69, 9.17) is 5.73 Å². The van der Waals surface area contributed by atoms with Gasteiger partial charge >= 0.3 is 0 Å². The zero-order valence-electron chi connectivity index (χ0n) is 10.1. The first-order valence-corrected chi connectivity index (χ1v) is 5.81. The molecule has 1 aromatic carbocycles. The van der Waals surface area contributed by atoms with Gasteiger partial charge in [-0.2, -0.15) is 0 Å². The number of rotatable bonds is 1. The highest BCUT2D eigenvalue weighted by Crippen LogP contribution is 2.28. The van der Waals surface area contributed by atoms with E-state index in [0.29, 0.717) is 5.82 Å². The van der Waals surface area contributed by atoms with Crippen molar-refractivity contribution in [1.82, 2.24) is 9.97 Å². The van der Waals surface area contributed by atoms with Crippen LogP contribution in [0.3, 0.4) is 0 Å². The topological polar surface area (TPSA) is 51.8 Å². The van der Waals surface area contributed by atoms with Crippen molar-refractivity contribution in [2.24, 2.45) is 0 Å². The van der Waals surface area contributed by atoms with E-state index in [-0.39, 0.29) is 0 Å². The summed E-state index contributed by atoms with van der Waals surface area (Å²) in [6.45, 7) is 1.96. The van der Waals surface area contributed by atoms with Gasteiger partial charge in [-0.25, -0.2) is 4.98 Å². The molecular formula is C15H13N3. The molecule has 0 saturated heterocycles. The van der Waals surface area contributed by atoms with Crippen molar-refractivity contribution in [2.75, 3.05) is 5.73 Å². The number of aromatic nitrogens is 2. The average molecular weight is 235 g/mol. The molecule has 88 valence electrons. The van der Waals surface area contributed by atoms with Gasteiger partial charge in [0.2, 0.25) is 0 Å². The van der Waals surface area contributed by atoms with Crippen LogP contribution in [0.2, 0.25) is 0 Å². The lowest BCUT2D eigenvalue weighted by molar-refractivity contribution is 1.27. The molecule has 0 spiro atoms. The first-order valence-electron chi connectivity index (χ1n) is 5.81. The smallest absolute Gasteiger partial charge is 0.126 e. The van der Waals surface area contributed by atoms with Crippen LogP contribution in [0.1, 0.15) is 5.56 Å². The highest BCUT2D eigenvalue weighted by atomic mass is 14.8. The Kier molecular flexibility index (Phi) is 2.45. The summed E-state index contributed by atoms with van der Waals surface area (Å²) in [4.78, 5) is 8.49. The molecule has 0 aliphatic carbocycles. The fraction of sp³-hybridized carbons (Fsp3) is 0.0667. The maximum atomic E-state index is 5.75. The zero-order valence-corrected chi connectivity index (χ0v) is 10.1. The highest BCUT2D eigenvalue weighted by Gasteiger charge is 2.05. The monoisotopic (exact) mass is 235 g/mol. The number of benzene rings is 1. The van der Waals surface area contributed by atoms with Crippen LogP contribution in [0, 0.1) is 6.92 Å². The lowest BCUT2D eigenvalue weighted by Crippen LogP contribution is -1.94. The van der Waals surface area contributed by atoms with Crippen LogP contribution in [0.25, 0.3) is 21.9 Å². The Morgan fingerprint density at radius 3 is 2.72 bits per heavy atom. The van der Waals surface area contributed by atoms with E-state index < -0.39 is 0 Å². The second kappa shape index (κ2) is 4.11. The van der Waals surface area contributed by atoms with Crippen LogP contribution in [0.15, 0.2) is 48.9 Å². The zero-order chi connectivity index (χ0) is 12.5. The van der Waals surface area contributed by atoms with E-state index in [2.05, 4.69) is 22.1 Å². The molecule has 18 heavy (non-hydrogen) atoms. The van der Waals surface area contributed by atoms with E-state index >= 15 is 0 Å². The van der Waals surface area contributed by atoms with Crippen LogP contribution in [0.5, 0.6) is 0 Å². The summed E-state index contributed by atoms with van der Waals surface area (Å²) in [6.07, 6.45) is 5.54. The van der Waals surface area contributed by atoms with Gasteiger partial charge in [-0.3, -0.25) is 4.98 Å². The number of nitrogens with two attached hydrogens (primary N) is 1. The van der Waals surface area contributed by atoms with Crippen molar-refractivity contribution in [3.8, 4) is 11.1 Å². The van der Waals surface area contributed by atoms with E-state index in [1.807, 2.05) is 37.5 Å². The summed E-state index contributed by atoms with van der Waals surface area (Å²) in [7, 11) is 0. The Labute approximate surface area is 105 Å². The molecule has 3 nitrogen and oxygen atoms in total. The third-order valence-electron chi connectivity index (χ3n) is 3.10. The van der Waals surface area contributed by atoms with E-state index in [1.54, 1.807) is 6.20 Å². The third-order valence-corrected chi connectivity index (χ3v) is 3.10. The number of hydrogen-bond acceptors (Lipinski definition) is 3. The number of anilines is 1. The van der Waals surface area contributed by atoms with Gasteiger partial charge in [0.15, 0.2) is 0 Å². The fourth-order valence-corrected chi connectivity index (χ4v) is 2.08. The molecule has 0 fully saturated rings. The second-order valence-electron chi connectivity index (χ2n) is 4.33. The molecule has 2 heterocycles. The van der Waals surface area contributed by atoms with Gasteiger partial charge in [0, 0.05) is 35.1 Å². The minimum atomic E-state index is 0.576. The molecule has 0 amide bonds. The maximum Gasteiger partial charge on any atom is 0.126 e. The Balaban J connectivity index is 2.28. The number of nitrogen functional groups attached to an aromatic ring is 1. The third kappa shape index (κ3) is 1.70. The fourth-order valence-electron chi connectivity index (χ4n) is 2.08. The number of pyridine rings is 2. The molecule has 0 bridgehead atoms. The predicted molar refractivity (Wildman–Crippen MR) is 74.1 cm³/mol. The standard InChI is InChI=1S/C15H13N3/c1-10-6-12(8-18-15(10)16)14-9-17-7-11-4-2-3-5-13(11)14/h2-9H,1H3,(H2,16,18). The van der Waals surface area contributed by atoms with Crippen molar-refractivity contribution in [3.05, 3.63) is 54.5 Å². The molecule has 3 rings (SSSR count). The summed E-state index contributed by atoms with van der Waals surface area (Å²) < 4.78 is 0.